The van der Waals surface area contributed by atoms with Crippen LogP contribution in [0.5, 0.6) is 0 Å². The van der Waals surface area contributed by atoms with E-state index in [9.17, 15) is 4.79 Å². The molecule has 5 nitrogen and oxygen atoms in total. The summed E-state index contributed by atoms with van der Waals surface area (Å²) in [6.45, 7) is 8.39. The molecule has 0 fully saturated rings. The minimum atomic E-state index is -0.150. The fraction of sp³-hybridized carbons (Fsp3) is 0.217. The average molecular weight is 374 g/mol. The van der Waals surface area contributed by atoms with Crippen molar-refractivity contribution in [3.8, 4) is 11.1 Å². The van der Waals surface area contributed by atoms with Crippen LogP contribution in [-0.2, 0) is 5.41 Å². The summed E-state index contributed by atoms with van der Waals surface area (Å²) < 4.78 is 0. The average Bonchev–Trinajstić information content (AvgIpc) is 2.65. The molecule has 0 radical (unpaired) electrons. The summed E-state index contributed by atoms with van der Waals surface area (Å²) in [6, 6.07) is 15.3. The number of carbonyl (C=O) groups excluding carboxylic acids is 1. The quantitative estimate of drug-likeness (QED) is 0.615. The molecule has 0 bridgehead atoms. The van der Waals surface area contributed by atoms with E-state index in [1.807, 2.05) is 55.5 Å². The lowest BCUT2D eigenvalue weighted by atomic mass is 9.86. The van der Waals surface area contributed by atoms with Crippen molar-refractivity contribution in [1.29, 1.82) is 0 Å². The molecular weight excluding hydrogens is 348 g/mol. The number of pyridine rings is 1. The molecule has 5 N–H and O–H groups in total. The van der Waals surface area contributed by atoms with Gasteiger partial charge in [-0.15, -0.1) is 0 Å². The Morgan fingerprint density at radius 3 is 2.29 bits per heavy atom. The first kappa shape index (κ1) is 19.4. The van der Waals surface area contributed by atoms with Gasteiger partial charge in [0, 0.05) is 23.0 Å². The number of nitrogens with one attached hydrogen (secondary N) is 1. The Hall–Kier alpha value is -3.34. The van der Waals surface area contributed by atoms with E-state index in [0.717, 1.165) is 22.4 Å². The van der Waals surface area contributed by atoms with E-state index in [1.54, 1.807) is 6.20 Å². The van der Waals surface area contributed by atoms with Crippen molar-refractivity contribution >= 4 is 23.1 Å². The number of amides is 1. The van der Waals surface area contributed by atoms with Gasteiger partial charge in [0.1, 0.15) is 5.82 Å². The summed E-state index contributed by atoms with van der Waals surface area (Å²) in [7, 11) is 0. The van der Waals surface area contributed by atoms with Crippen LogP contribution in [0.25, 0.3) is 11.1 Å². The third kappa shape index (κ3) is 3.83. The second-order valence-electron chi connectivity index (χ2n) is 7.92. The highest BCUT2D eigenvalue weighted by Gasteiger charge is 2.16. The zero-order valence-electron chi connectivity index (χ0n) is 16.7. The number of benzene rings is 2. The molecule has 28 heavy (non-hydrogen) atoms. The van der Waals surface area contributed by atoms with Crippen molar-refractivity contribution in [3.05, 3.63) is 71.4 Å². The third-order valence-electron chi connectivity index (χ3n) is 4.91. The van der Waals surface area contributed by atoms with Crippen molar-refractivity contribution in [2.75, 3.05) is 16.8 Å². The number of aromatic nitrogens is 1. The molecule has 144 valence electrons. The van der Waals surface area contributed by atoms with E-state index in [-0.39, 0.29) is 11.3 Å². The number of rotatable bonds is 3. The fourth-order valence-electron chi connectivity index (χ4n) is 3.10. The van der Waals surface area contributed by atoms with E-state index in [4.69, 9.17) is 11.5 Å². The Balaban J connectivity index is 1.89. The van der Waals surface area contributed by atoms with Crippen LogP contribution >= 0.6 is 0 Å². The SMILES string of the molecule is Cc1c(NC(=O)c2ccc(C(C)(C)C)cc2)cccc1-c1ccnc(N)c1N. The second-order valence-corrected chi connectivity index (χ2v) is 7.92. The van der Waals surface area contributed by atoms with E-state index in [2.05, 4.69) is 31.1 Å². The maximum Gasteiger partial charge on any atom is 0.255 e. The number of nitrogens with zero attached hydrogens (tertiary/aromatic N) is 1. The molecular formula is C23H26N4O. The van der Waals surface area contributed by atoms with Gasteiger partial charge in [0.15, 0.2) is 0 Å². The summed E-state index contributed by atoms with van der Waals surface area (Å²) in [6.07, 6.45) is 1.63. The van der Waals surface area contributed by atoms with Crippen molar-refractivity contribution in [1.82, 2.24) is 4.98 Å². The molecule has 0 aliphatic rings. The highest BCUT2D eigenvalue weighted by molar-refractivity contribution is 6.05. The van der Waals surface area contributed by atoms with Gasteiger partial charge in [-0.1, -0.05) is 45.0 Å². The van der Waals surface area contributed by atoms with Crippen LogP contribution in [0, 0.1) is 6.92 Å². The monoisotopic (exact) mass is 374 g/mol. The summed E-state index contributed by atoms with van der Waals surface area (Å²) in [5.41, 5.74) is 17.6. The fourth-order valence-corrected chi connectivity index (χ4v) is 3.10. The summed E-state index contributed by atoms with van der Waals surface area (Å²) in [5, 5.41) is 3.00. The molecule has 3 rings (SSSR count). The Labute approximate surface area is 165 Å². The Morgan fingerprint density at radius 1 is 0.964 bits per heavy atom. The Bertz CT molecular complexity index is 1020. The van der Waals surface area contributed by atoms with Crippen molar-refractivity contribution in [2.45, 2.75) is 33.1 Å². The van der Waals surface area contributed by atoms with Gasteiger partial charge in [-0.25, -0.2) is 4.98 Å². The molecule has 0 spiro atoms. The van der Waals surface area contributed by atoms with E-state index >= 15 is 0 Å². The van der Waals surface area contributed by atoms with Gasteiger partial charge in [0.05, 0.1) is 5.69 Å². The van der Waals surface area contributed by atoms with Gasteiger partial charge in [-0.3, -0.25) is 4.79 Å². The number of hydrogen-bond acceptors (Lipinski definition) is 4. The van der Waals surface area contributed by atoms with Gasteiger partial charge in [0.25, 0.3) is 5.91 Å². The van der Waals surface area contributed by atoms with Gasteiger partial charge in [-0.2, -0.15) is 0 Å². The molecule has 1 heterocycles. The van der Waals surface area contributed by atoms with Crippen LogP contribution in [0.3, 0.4) is 0 Å². The number of nitrogens with two attached hydrogens (primary N) is 2. The molecule has 3 aromatic rings. The van der Waals surface area contributed by atoms with Crippen LogP contribution < -0.4 is 16.8 Å². The normalized spacial score (nSPS) is 11.3. The van der Waals surface area contributed by atoms with Crippen molar-refractivity contribution < 1.29 is 4.79 Å². The van der Waals surface area contributed by atoms with Crippen molar-refractivity contribution in [3.63, 3.8) is 0 Å². The van der Waals surface area contributed by atoms with E-state index in [1.165, 1.54) is 5.56 Å². The molecule has 0 aliphatic carbocycles. The molecule has 1 aromatic heterocycles. The van der Waals surface area contributed by atoms with Crippen LogP contribution in [0.4, 0.5) is 17.2 Å². The largest absolute Gasteiger partial charge is 0.395 e. The maximum atomic E-state index is 12.7. The molecule has 1 amide bonds. The predicted octanol–water partition coefficient (Wildman–Crippen LogP) is 4.77. The first-order valence-corrected chi connectivity index (χ1v) is 9.20. The lowest BCUT2D eigenvalue weighted by Gasteiger charge is -2.19. The van der Waals surface area contributed by atoms with Gasteiger partial charge >= 0.3 is 0 Å². The third-order valence-corrected chi connectivity index (χ3v) is 4.91. The summed E-state index contributed by atoms with van der Waals surface area (Å²) >= 11 is 0. The number of carbonyl (C=O) groups is 1. The highest BCUT2D eigenvalue weighted by Crippen LogP contribution is 2.34. The van der Waals surface area contributed by atoms with Gasteiger partial charge in [0.2, 0.25) is 0 Å². The van der Waals surface area contributed by atoms with Crippen LogP contribution in [0.15, 0.2) is 54.7 Å². The molecule has 0 saturated carbocycles. The topological polar surface area (TPSA) is 94.0 Å². The highest BCUT2D eigenvalue weighted by atomic mass is 16.1. The molecule has 0 atom stereocenters. The van der Waals surface area contributed by atoms with Crippen molar-refractivity contribution in [2.24, 2.45) is 0 Å². The van der Waals surface area contributed by atoms with Gasteiger partial charge < -0.3 is 16.8 Å². The summed E-state index contributed by atoms with van der Waals surface area (Å²) in [5.74, 6) is 0.146. The number of nitrogen functional groups attached to an aromatic ring is 2. The number of hydrogen-bond donors (Lipinski definition) is 3. The predicted molar refractivity (Wildman–Crippen MR) is 116 cm³/mol. The Morgan fingerprint density at radius 2 is 1.64 bits per heavy atom. The number of anilines is 3. The molecule has 0 saturated heterocycles. The van der Waals surface area contributed by atoms with E-state index < -0.39 is 0 Å². The molecule has 5 heteroatoms. The maximum absolute atomic E-state index is 12.7. The minimum absolute atomic E-state index is 0.0479. The molecule has 0 unspecified atom stereocenters. The van der Waals surface area contributed by atoms with E-state index in [0.29, 0.717) is 17.1 Å². The van der Waals surface area contributed by atoms with Crippen LogP contribution in [0.2, 0.25) is 0 Å². The Kier molecular flexibility index (Phi) is 5.10. The van der Waals surface area contributed by atoms with Gasteiger partial charge in [-0.05, 0) is 53.3 Å². The molecule has 0 aliphatic heterocycles. The smallest absolute Gasteiger partial charge is 0.255 e. The lowest BCUT2D eigenvalue weighted by molar-refractivity contribution is 0.102. The summed E-state index contributed by atoms with van der Waals surface area (Å²) in [4.78, 5) is 16.7. The van der Waals surface area contributed by atoms with Crippen LogP contribution in [0.1, 0.15) is 42.3 Å². The lowest BCUT2D eigenvalue weighted by Crippen LogP contribution is -2.15. The first-order chi connectivity index (χ1) is 13.2. The zero-order valence-corrected chi connectivity index (χ0v) is 16.7. The zero-order chi connectivity index (χ0) is 20.5. The minimum Gasteiger partial charge on any atom is -0.395 e. The standard InChI is InChI=1S/C23H26N4O/c1-14-17(18-12-13-26-21(25)20(18)24)6-5-7-19(14)27-22(28)15-8-10-16(11-9-15)23(2,3)4/h5-13H,24H2,1-4H3,(H2,25,26)(H,27,28). The van der Waals surface area contributed by atoms with Crippen LogP contribution in [-0.4, -0.2) is 10.9 Å². The second kappa shape index (κ2) is 7.35. The molecule has 2 aromatic carbocycles. The first-order valence-electron chi connectivity index (χ1n) is 9.20.